The molecule has 1 aromatic carbocycles. The van der Waals surface area contributed by atoms with Crippen molar-refractivity contribution in [1.82, 2.24) is 4.90 Å². The Morgan fingerprint density at radius 3 is 2.48 bits per heavy atom. The number of amides is 2. The highest BCUT2D eigenvalue weighted by Crippen LogP contribution is 2.37. The maximum absolute atomic E-state index is 13.0. The number of benzene rings is 1. The van der Waals surface area contributed by atoms with Crippen molar-refractivity contribution in [3.63, 3.8) is 0 Å². The van der Waals surface area contributed by atoms with Gasteiger partial charge in [0.15, 0.2) is 0 Å². The Labute approximate surface area is 154 Å². The first-order valence-corrected chi connectivity index (χ1v) is 9.91. The van der Waals surface area contributed by atoms with Crippen LogP contribution in [0, 0.1) is 13.8 Å². The lowest BCUT2D eigenvalue weighted by Gasteiger charge is -2.15. The molecular formula is C20H27NO3S. The van der Waals surface area contributed by atoms with Gasteiger partial charge in [0.1, 0.15) is 0 Å². The van der Waals surface area contributed by atoms with Crippen molar-refractivity contribution in [2.45, 2.75) is 46.5 Å². The van der Waals surface area contributed by atoms with Crippen molar-refractivity contribution >= 4 is 29.1 Å². The van der Waals surface area contributed by atoms with Crippen LogP contribution in [0.4, 0.5) is 0 Å². The van der Waals surface area contributed by atoms with Gasteiger partial charge in [-0.05, 0) is 31.4 Å². The number of hydrogen-bond donors (Lipinski definition) is 1. The van der Waals surface area contributed by atoms with Crippen molar-refractivity contribution in [3.05, 3.63) is 39.8 Å². The van der Waals surface area contributed by atoms with Gasteiger partial charge in [-0.3, -0.25) is 14.5 Å². The van der Waals surface area contributed by atoms with Gasteiger partial charge < -0.3 is 5.11 Å². The number of thioether (sulfide) groups is 1. The van der Waals surface area contributed by atoms with Crippen molar-refractivity contribution in [2.24, 2.45) is 0 Å². The fourth-order valence-electron chi connectivity index (χ4n) is 3.07. The Morgan fingerprint density at radius 2 is 1.84 bits per heavy atom. The van der Waals surface area contributed by atoms with Crippen LogP contribution in [0.15, 0.2) is 23.1 Å². The van der Waals surface area contributed by atoms with Gasteiger partial charge in [0.25, 0.3) is 11.8 Å². The third kappa shape index (κ3) is 4.53. The molecule has 136 valence electrons. The molecule has 4 nitrogen and oxygen atoms in total. The third-order valence-electron chi connectivity index (χ3n) is 4.35. The first kappa shape index (κ1) is 19.7. The van der Waals surface area contributed by atoms with Gasteiger partial charge in [0, 0.05) is 12.3 Å². The Morgan fingerprint density at radius 1 is 1.08 bits per heavy atom. The van der Waals surface area contributed by atoms with Crippen LogP contribution >= 0.6 is 11.8 Å². The fourth-order valence-corrected chi connectivity index (χ4v) is 3.94. The van der Waals surface area contributed by atoms with Crippen LogP contribution in [0.5, 0.6) is 0 Å². The van der Waals surface area contributed by atoms with Crippen LogP contribution in [0.2, 0.25) is 0 Å². The van der Waals surface area contributed by atoms with E-state index < -0.39 is 0 Å². The summed E-state index contributed by atoms with van der Waals surface area (Å²) >= 11 is 1.28. The number of rotatable bonds is 9. The molecule has 0 aromatic heterocycles. The quantitative estimate of drug-likeness (QED) is 0.538. The molecule has 0 aliphatic carbocycles. The molecule has 0 spiro atoms. The fraction of sp³-hybridized carbons (Fsp3) is 0.500. The minimum atomic E-state index is -0.213. The van der Waals surface area contributed by atoms with Gasteiger partial charge in [-0.2, -0.15) is 0 Å². The van der Waals surface area contributed by atoms with E-state index in [0.29, 0.717) is 22.8 Å². The van der Waals surface area contributed by atoms with Crippen LogP contribution in [0.1, 0.15) is 49.3 Å². The molecule has 0 saturated heterocycles. The summed E-state index contributed by atoms with van der Waals surface area (Å²) in [6, 6.07) is 5.91. The van der Waals surface area contributed by atoms with Gasteiger partial charge in [0.05, 0.1) is 17.1 Å². The van der Waals surface area contributed by atoms with Gasteiger partial charge in [-0.1, -0.05) is 49.9 Å². The van der Waals surface area contributed by atoms with Gasteiger partial charge in [0.2, 0.25) is 0 Å². The number of aryl methyl sites for hydroxylation is 2. The number of unbranched alkanes of at least 4 members (excludes halogenated alkanes) is 3. The van der Waals surface area contributed by atoms with Crippen molar-refractivity contribution in [2.75, 3.05) is 18.9 Å². The number of imide groups is 1. The summed E-state index contributed by atoms with van der Waals surface area (Å²) in [7, 11) is 0. The summed E-state index contributed by atoms with van der Waals surface area (Å²) in [5.41, 5.74) is 3.43. The molecule has 1 heterocycles. The molecule has 1 N–H and O–H groups in total. The number of aliphatic hydroxyl groups is 1. The number of nitrogens with zero attached hydrogens (tertiary/aromatic N) is 1. The summed E-state index contributed by atoms with van der Waals surface area (Å²) < 4.78 is 0. The highest BCUT2D eigenvalue weighted by molar-refractivity contribution is 8.04. The molecule has 1 aromatic rings. The van der Waals surface area contributed by atoms with E-state index in [0.717, 1.165) is 42.4 Å². The molecule has 0 bridgehead atoms. The number of carbonyl (C=O) groups is 2. The SMILES string of the molecule is CCCCCCN1C(=O)C(SCCO)=C(c2ccc(C)cc2C)C1=O. The van der Waals surface area contributed by atoms with E-state index in [4.69, 9.17) is 5.11 Å². The monoisotopic (exact) mass is 361 g/mol. The smallest absolute Gasteiger partial charge is 0.267 e. The Hall–Kier alpha value is -1.59. The van der Waals surface area contributed by atoms with Gasteiger partial charge in [-0.25, -0.2) is 0 Å². The molecular weight excluding hydrogens is 334 g/mol. The third-order valence-corrected chi connectivity index (χ3v) is 5.40. The second-order valence-electron chi connectivity index (χ2n) is 6.42. The summed E-state index contributed by atoms with van der Waals surface area (Å²) in [6.07, 6.45) is 4.08. The van der Waals surface area contributed by atoms with Crippen LogP contribution in [0.25, 0.3) is 5.57 Å². The van der Waals surface area contributed by atoms with E-state index >= 15 is 0 Å². The minimum absolute atomic E-state index is 0.0215. The maximum atomic E-state index is 13.0. The van der Waals surface area contributed by atoms with Crippen LogP contribution < -0.4 is 0 Å². The summed E-state index contributed by atoms with van der Waals surface area (Å²) in [6.45, 7) is 6.55. The first-order valence-electron chi connectivity index (χ1n) is 8.93. The second-order valence-corrected chi connectivity index (χ2v) is 7.52. The number of hydrogen-bond acceptors (Lipinski definition) is 4. The molecule has 0 unspecified atom stereocenters. The Bertz CT molecular complexity index is 682. The molecule has 0 fully saturated rings. The minimum Gasteiger partial charge on any atom is -0.396 e. The average molecular weight is 362 g/mol. The van der Waals surface area contributed by atoms with Crippen LogP contribution in [0.3, 0.4) is 0 Å². The summed E-state index contributed by atoms with van der Waals surface area (Å²) in [5, 5.41) is 9.14. The van der Waals surface area contributed by atoms with Gasteiger partial charge in [-0.15, -0.1) is 11.8 Å². The summed E-state index contributed by atoms with van der Waals surface area (Å²) in [5.74, 6) is -0.00397. The Balaban J connectivity index is 2.32. The zero-order valence-electron chi connectivity index (χ0n) is 15.3. The van der Waals surface area contributed by atoms with E-state index in [1.54, 1.807) is 0 Å². The lowest BCUT2D eigenvalue weighted by atomic mass is 9.99. The van der Waals surface area contributed by atoms with Crippen LogP contribution in [-0.4, -0.2) is 40.7 Å². The standard InChI is InChI=1S/C20H27NO3S/c1-4-5-6-7-10-21-19(23)17(18(20(21)24)25-12-11-22)16-9-8-14(2)13-15(16)3/h8-9,13,22H,4-7,10-12H2,1-3H3. The largest absolute Gasteiger partial charge is 0.396 e. The van der Waals surface area contributed by atoms with Crippen LogP contribution in [-0.2, 0) is 9.59 Å². The van der Waals surface area contributed by atoms with Crippen molar-refractivity contribution in [3.8, 4) is 0 Å². The molecule has 1 aliphatic rings. The molecule has 25 heavy (non-hydrogen) atoms. The second kappa shape index (κ2) is 9.20. The van der Waals surface area contributed by atoms with Crippen molar-refractivity contribution in [1.29, 1.82) is 0 Å². The number of aliphatic hydroxyl groups excluding tert-OH is 1. The van der Waals surface area contributed by atoms with E-state index in [2.05, 4.69) is 6.92 Å². The number of carbonyl (C=O) groups excluding carboxylic acids is 2. The van der Waals surface area contributed by atoms with E-state index in [1.165, 1.54) is 16.7 Å². The zero-order chi connectivity index (χ0) is 18.4. The lowest BCUT2D eigenvalue weighted by Crippen LogP contribution is -2.32. The van der Waals surface area contributed by atoms with E-state index in [-0.39, 0.29) is 18.4 Å². The Kier molecular flexibility index (Phi) is 7.26. The molecule has 0 saturated carbocycles. The molecule has 0 radical (unpaired) electrons. The van der Waals surface area contributed by atoms with Gasteiger partial charge >= 0.3 is 0 Å². The first-order chi connectivity index (χ1) is 12.0. The highest BCUT2D eigenvalue weighted by atomic mass is 32.2. The predicted molar refractivity (Wildman–Crippen MR) is 103 cm³/mol. The highest BCUT2D eigenvalue weighted by Gasteiger charge is 2.39. The topological polar surface area (TPSA) is 57.6 Å². The molecule has 2 amide bonds. The molecule has 5 heteroatoms. The summed E-state index contributed by atoms with van der Waals surface area (Å²) in [4.78, 5) is 27.6. The predicted octanol–water partition coefficient (Wildman–Crippen LogP) is 3.69. The molecule has 0 atom stereocenters. The van der Waals surface area contributed by atoms with Crippen molar-refractivity contribution < 1.29 is 14.7 Å². The lowest BCUT2D eigenvalue weighted by molar-refractivity contribution is -0.136. The maximum Gasteiger partial charge on any atom is 0.267 e. The van der Waals surface area contributed by atoms with E-state index in [1.807, 2.05) is 32.0 Å². The normalized spacial score (nSPS) is 14.8. The average Bonchev–Trinajstić information content (AvgIpc) is 2.81. The molecule has 1 aliphatic heterocycles. The zero-order valence-corrected chi connectivity index (χ0v) is 16.1. The molecule has 2 rings (SSSR count). The van der Waals surface area contributed by atoms with E-state index in [9.17, 15) is 9.59 Å².